The van der Waals surface area contributed by atoms with Gasteiger partial charge in [-0.15, -0.1) is 0 Å². The summed E-state index contributed by atoms with van der Waals surface area (Å²) in [5.74, 6) is -0.439. The molecule has 0 aliphatic carbocycles. The Labute approximate surface area is 146 Å². The van der Waals surface area contributed by atoms with Crippen molar-refractivity contribution in [2.75, 3.05) is 0 Å². The minimum atomic E-state index is -4.38. The molecule has 0 amide bonds. The summed E-state index contributed by atoms with van der Waals surface area (Å²) < 4.78 is 40.3. The normalized spacial score (nSPS) is 11.9. The number of alkyl halides is 3. The van der Waals surface area contributed by atoms with Crippen molar-refractivity contribution in [2.24, 2.45) is 0 Å². The average molecular weight is 363 g/mol. The molecule has 0 saturated heterocycles. The van der Waals surface area contributed by atoms with Gasteiger partial charge in [0.15, 0.2) is 5.78 Å². The van der Waals surface area contributed by atoms with E-state index < -0.39 is 18.5 Å². The number of halogens is 3. The molecule has 0 aliphatic heterocycles. The van der Waals surface area contributed by atoms with E-state index in [-0.39, 0.29) is 23.4 Å². The molecule has 26 heavy (non-hydrogen) atoms. The van der Waals surface area contributed by atoms with E-state index in [9.17, 15) is 22.8 Å². The number of fused-ring (bicyclic) bond motifs is 1. The van der Waals surface area contributed by atoms with Crippen molar-refractivity contribution < 1.29 is 18.0 Å². The number of hydrogen-bond acceptors (Lipinski definition) is 3. The van der Waals surface area contributed by atoms with Gasteiger partial charge in [0.1, 0.15) is 6.54 Å². The fraction of sp³-hybridized carbons (Fsp3) is 0.278. The monoisotopic (exact) mass is 363 g/mol. The van der Waals surface area contributed by atoms with Gasteiger partial charge in [0.25, 0.3) is 5.56 Å². The standard InChI is InChI=1S/C18H16F3N3O2/c1-11-7-14(12(2)24(11)9-18(19,20)21)16(25)8-23-10-22-15-6-4-3-5-13(15)17(23)26/h3-7,10H,8-9H2,1-2H3. The van der Waals surface area contributed by atoms with Crippen molar-refractivity contribution in [3.8, 4) is 0 Å². The first kappa shape index (κ1) is 17.9. The second-order valence-corrected chi connectivity index (χ2v) is 6.10. The van der Waals surface area contributed by atoms with Crippen molar-refractivity contribution >= 4 is 16.7 Å². The quantitative estimate of drug-likeness (QED) is 0.669. The van der Waals surface area contributed by atoms with Gasteiger partial charge in [0, 0.05) is 17.0 Å². The Bertz CT molecular complexity index is 1050. The first-order chi connectivity index (χ1) is 12.2. The molecule has 2 heterocycles. The fourth-order valence-electron chi connectivity index (χ4n) is 2.96. The number of carbonyl (C=O) groups excluding carboxylic acids is 1. The maximum Gasteiger partial charge on any atom is 0.406 e. The van der Waals surface area contributed by atoms with Crippen LogP contribution in [0.2, 0.25) is 0 Å². The first-order valence-electron chi connectivity index (χ1n) is 7.88. The summed E-state index contributed by atoms with van der Waals surface area (Å²) in [5, 5.41) is 0.380. The maximum absolute atomic E-state index is 12.7. The third-order valence-electron chi connectivity index (χ3n) is 4.26. The summed E-state index contributed by atoms with van der Waals surface area (Å²) in [6, 6.07) is 8.17. The zero-order valence-corrected chi connectivity index (χ0v) is 14.2. The molecule has 1 aromatic carbocycles. The SMILES string of the molecule is Cc1cc(C(=O)Cn2cnc3ccccc3c2=O)c(C)n1CC(F)(F)F. The maximum atomic E-state index is 12.7. The third kappa shape index (κ3) is 3.40. The summed E-state index contributed by atoms with van der Waals surface area (Å²) in [6.45, 7) is 1.54. The summed E-state index contributed by atoms with van der Waals surface area (Å²) in [4.78, 5) is 29.2. The molecule has 3 aromatic rings. The smallest absolute Gasteiger partial charge is 0.339 e. The highest BCUT2D eigenvalue weighted by Gasteiger charge is 2.30. The minimum absolute atomic E-state index is 0.173. The lowest BCUT2D eigenvalue weighted by Gasteiger charge is -2.12. The molecule has 0 N–H and O–H groups in total. The van der Waals surface area contributed by atoms with Crippen LogP contribution in [0.5, 0.6) is 0 Å². The predicted molar refractivity (Wildman–Crippen MR) is 90.3 cm³/mol. The second-order valence-electron chi connectivity index (χ2n) is 6.10. The Morgan fingerprint density at radius 1 is 1.19 bits per heavy atom. The first-order valence-corrected chi connectivity index (χ1v) is 7.88. The summed E-state index contributed by atoms with van der Waals surface area (Å²) in [5.41, 5.74) is 0.892. The van der Waals surface area contributed by atoms with Gasteiger partial charge < -0.3 is 4.57 Å². The van der Waals surface area contributed by atoms with Crippen LogP contribution in [-0.4, -0.2) is 26.1 Å². The Morgan fingerprint density at radius 2 is 1.88 bits per heavy atom. The number of nitrogens with zero attached hydrogens (tertiary/aromatic N) is 3. The Morgan fingerprint density at radius 3 is 2.58 bits per heavy atom. The van der Waals surface area contributed by atoms with Crippen LogP contribution in [-0.2, 0) is 13.1 Å². The van der Waals surface area contributed by atoms with E-state index in [1.165, 1.54) is 30.8 Å². The molecule has 5 nitrogen and oxygen atoms in total. The zero-order chi connectivity index (χ0) is 19.1. The van der Waals surface area contributed by atoms with Crippen molar-refractivity contribution in [2.45, 2.75) is 33.1 Å². The van der Waals surface area contributed by atoms with Gasteiger partial charge in [-0.3, -0.25) is 14.2 Å². The van der Waals surface area contributed by atoms with Crippen LogP contribution in [0.15, 0.2) is 41.5 Å². The summed E-state index contributed by atoms with van der Waals surface area (Å²) in [6.07, 6.45) is -3.11. The summed E-state index contributed by atoms with van der Waals surface area (Å²) in [7, 11) is 0. The number of carbonyl (C=O) groups is 1. The number of aryl methyl sites for hydroxylation is 1. The molecular weight excluding hydrogens is 347 g/mol. The molecule has 0 saturated carbocycles. The van der Waals surface area contributed by atoms with E-state index in [1.54, 1.807) is 24.3 Å². The molecule has 0 radical (unpaired) electrons. The molecular formula is C18H16F3N3O2. The average Bonchev–Trinajstić information content (AvgIpc) is 2.84. The number of aromatic nitrogens is 3. The van der Waals surface area contributed by atoms with Crippen LogP contribution in [0.25, 0.3) is 10.9 Å². The van der Waals surface area contributed by atoms with Gasteiger partial charge in [0.05, 0.1) is 23.8 Å². The zero-order valence-electron chi connectivity index (χ0n) is 14.2. The lowest BCUT2D eigenvalue weighted by molar-refractivity contribution is -0.141. The lowest BCUT2D eigenvalue weighted by atomic mass is 10.1. The molecule has 0 spiro atoms. The van der Waals surface area contributed by atoms with Crippen LogP contribution in [0, 0.1) is 13.8 Å². The third-order valence-corrected chi connectivity index (χ3v) is 4.26. The molecule has 0 bridgehead atoms. The summed E-state index contributed by atoms with van der Waals surface area (Å²) >= 11 is 0. The highest BCUT2D eigenvalue weighted by atomic mass is 19.4. The van der Waals surface area contributed by atoms with Crippen LogP contribution in [0.4, 0.5) is 13.2 Å². The number of Topliss-reactive ketones (excluding diaryl/α,β-unsaturated/α-hetero) is 1. The van der Waals surface area contributed by atoms with Gasteiger partial charge in [-0.2, -0.15) is 13.2 Å². The molecule has 0 unspecified atom stereocenters. The van der Waals surface area contributed by atoms with Gasteiger partial charge in [-0.05, 0) is 32.0 Å². The molecule has 3 rings (SSSR count). The van der Waals surface area contributed by atoms with Crippen LogP contribution >= 0.6 is 0 Å². The van der Waals surface area contributed by atoms with E-state index in [2.05, 4.69) is 4.98 Å². The van der Waals surface area contributed by atoms with Gasteiger partial charge >= 0.3 is 6.18 Å². The van der Waals surface area contributed by atoms with E-state index in [1.807, 2.05) is 0 Å². The molecule has 0 fully saturated rings. The number of ketones is 1. The topological polar surface area (TPSA) is 56.9 Å². The largest absolute Gasteiger partial charge is 0.406 e. The van der Waals surface area contributed by atoms with Crippen LogP contribution < -0.4 is 5.56 Å². The van der Waals surface area contributed by atoms with E-state index in [4.69, 9.17) is 0 Å². The Hall–Kier alpha value is -2.90. The highest BCUT2D eigenvalue weighted by Crippen LogP contribution is 2.23. The number of rotatable bonds is 4. The molecule has 0 atom stereocenters. The van der Waals surface area contributed by atoms with Crippen molar-refractivity contribution in [3.63, 3.8) is 0 Å². The Kier molecular flexibility index (Phi) is 4.43. The van der Waals surface area contributed by atoms with E-state index in [0.717, 1.165) is 4.57 Å². The van der Waals surface area contributed by atoms with E-state index in [0.29, 0.717) is 16.6 Å². The number of para-hydroxylation sites is 1. The number of hydrogen-bond donors (Lipinski definition) is 0. The van der Waals surface area contributed by atoms with Gasteiger partial charge in [-0.1, -0.05) is 12.1 Å². The lowest BCUT2D eigenvalue weighted by Crippen LogP contribution is -2.25. The fourth-order valence-corrected chi connectivity index (χ4v) is 2.96. The predicted octanol–water partition coefficient (Wildman–Crippen LogP) is 3.26. The Balaban J connectivity index is 1.93. The molecule has 136 valence electrons. The van der Waals surface area contributed by atoms with E-state index >= 15 is 0 Å². The van der Waals surface area contributed by atoms with Crippen LogP contribution in [0.3, 0.4) is 0 Å². The second kappa shape index (κ2) is 6.44. The highest BCUT2D eigenvalue weighted by molar-refractivity contribution is 5.97. The van der Waals surface area contributed by atoms with Gasteiger partial charge in [-0.25, -0.2) is 4.98 Å². The van der Waals surface area contributed by atoms with Crippen molar-refractivity contribution in [1.29, 1.82) is 0 Å². The minimum Gasteiger partial charge on any atom is -0.339 e. The molecule has 8 heteroatoms. The number of benzene rings is 1. The van der Waals surface area contributed by atoms with Gasteiger partial charge in [0.2, 0.25) is 0 Å². The van der Waals surface area contributed by atoms with Crippen LogP contribution in [0.1, 0.15) is 21.7 Å². The molecule has 2 aromatic heterocycles. The van der Waals surface area contributed by atoms with Crippen molar-refractivity contribution in [1.82, 2.24) is 14.1 Å². The van der Waals surface area contributed by atoms with Crippen molar-refractivity contribution in [3.05, 3.63) is 64.0 Å². The molecule has 0 aliphatic rings.